The molecule has 0 spiro atoms. The van der Waals surface area contributed by atoms with Crippen LogP contribution in [0.2, 0.25) is 0 Å². The van der Waals surface area contributed by atoms with Gasteiger partial charge in [0.05, 0.1) is 23.1 Å². The smallest absolute Gasteiger partial charge is 0.243 e. The van der Waals surface area contributed by atoms with Gasteiger partial charge in [0.2, 0.25) is 15.9 Å². The highest BCUT2D eigenvalue weighted by Gasteiger charge is 2.23. The number of carbonyl (C=O) groups is 1. The van der Waals surface area contributed by atoms with Crippen molar-refractivity contribution < 1.29 is 13.2 Å². The minimum absolute atomic E-state index is 0.0732. The molecule has 1 aromatic carbocycles. The molecule has 1 aromatic rings. The molecule has 2 rings (SSSR count). The maximum Gasteiger partial charge on any atom is 0.243 e. The Balaban J connectivity index is 1.90. The Hall–Kier alpha value is -1.91. The molecule has 130 valence electrons. The third-order valence-corrected chi connectivity index (χ3v) is 6.19. The van der Waals surface area contributed by atoms with Crippen molar-refractivity contribution in [3.8, 4) is 6.07 Å². The van der Waals surface area contributed by atoms with Crippen LogP contribution in [-0.4, -0.2) is 38.8 Å². The van der Waals surface area contributed by atoms with Crippen LogP contribution in [0.4, 0.5) is 0 Å². The van der Waals surface area contributed by atoms with Crippen LogP contribution >= 0.6 is 0 Å². The molecule has 0 aromatic heterocycles. The first-order valence-corrected chi connectivity index (χ1v) is 9.60. The lowest BCUT2D eigenvalue weighted by molar-refractivity contribution is -0.121. The summed E-state index contributed by atoms with van der Waals surface area (Å²) in [6.45, 7) is 0.401. The summed E-state index contributed by atoms with van der Waals surface area (Å²) in [6, 6.07) is 7.60. The van der Waals surface area contributed by atoms with Crippen LogP contribution in [0, 0.1) is 17.2 Å². The number of nitrogens with one attached hydrogen (secondary N) is 1. The number of amides is 1. The van der Waals surface area contributed by atoms with Crippen molar-refractivity contribution in [3.63, 3.8) is 0 Å². The van der Waals surface area contributed by atoms with E-state index in [0.717, 1.165) is 17.1 Å². The van der Waals surface area contributed by atoms with Gasteiger partial charge in [0.1, 0.15) is 0 Å². The van der Waals surface area contributed by atoms with Crippen molar-refractivity contribution in [2.75, 3.05) is 20.1 Å². The van der Waals surface area contributed by atoms with Crippen LogP contribution < -0.4 is 5.32 Å². The van der Waals surface area contributed by atoms with E-state index in [1.165, 1.54) is 50.6 Å². The summed E-state index contributed by atoms with van der Waals surface area (Å²) < 4.78 is 25.9. The lowest BCUT2D eigenvalue weighted by Gasteiger charge is -2.22. The molecule has 1 N–H and O–H groups in total. The van der Waals surface area contributed by atoms with Gasteiger partial charge in [-0.25, -0.2) is 8.42 Å². The lowest BCUT2D eigenvalue weighted by atomic mass is 9.89. The van der Waals surface area contributed by atoms with E-state index < -0.39 is 10.0 Å². The molecule has 1 fully saturated rings. The molecule has 1 saturated carbocycles. The van der Waals surface area contributed by atoms with E-state index in [4.69, 9.17) is 5.26 Å². The van der Waals surface area contributed by atoms with Gasteiger partial charge in [-0.1, -0.05) is 19.3 Å². The summed E-state index contributed by atoms with van der Waals surface area (Å²) in [4.78, 5) is 12.1. The van der Waals surface area contributed by atoms with Gasteiger partial charge in [0.25, 0.3) is 0 Å². The SMILES string of the molecule is CN(CC(=O)NCC1CCCCC1)S(=O)(=O)c1ccc(C#N)cc1. The van der Waals surface area contributed by atoms with E-state index >= 15 is 0 Å². The van der Waals surface area contributed by atoms with E-state index in [9.17, 15) is 13.2 Å². The fourth-order valence-electron chi connectivity index (χ4n) is 2.87. The van der Waals surface area contributed by atoms with Gasteiger partial charge in [0, 0.05) is 13.6 Å². The number of benzene rings is 1. The quantitative estimate of drug-likeness (QED) is 0.849. The maximum absolute atomic E-state index is 12.4. The average molecular weight is 349 g/mol. The monoisotopic (exact) mass is 349 g/mol. The first-order valence-electron chi connectivity index (χ1n) is 8.16. The highest BCUT2D eigenvalue weighted by atomic mass is 32.2. The predicted octanol–water partition coefficient (Wildman–Crippen LogP) is 1.88. The third-order valence-electron chi connectivity index (χ3n) is 4.37. The van der Waals surface area contributed by atoms with Crippen molar-refractivity contribution in [2.45, 2.75) is 37.0 Å². The summed E-state index contributed by atoms with van der Waals surface area (Å²) in [5.41, 5.74) is 0.391. The van der Waals surface area contributed by atoms with Gasteiger partial charge < -0.3 is 5.32 Å². The molecule has 24 heavy (non-hydrogen) atoms. The molecule has 1 amide bonds. The Bertz CT molecular complexity index is 702. The van der Waals surface area contributed by atoms with Gasteiger partial charge in [-0.3, -0.25) is 4.79 Å². The van der Waals surface area contributed by atoms with Crippen molar-refractivity contribution in [1.82, 2.24) is 9.62 Å². The molecule has 1 aliphatic rings. The second kappa shape index (κ2) is 8.27. The van der Waals surface area contributed by atoms with Crippen LogP contribution in [0.5, 0.6) is 0 Å². The number of hydrogen-bond donors (Lipinski definition) is 1. The minimum atomic E-state index is -3.74. The molecule has 0 heterocycles. The van der Waals surface area contributed by atoms with Gasteiger partial charge >= 0.3 is 0 Å². The molecule has 0 radical (unpaired) electrons. The van der Waals surface area contributed by atoms with E-state index in [1.807, 2.05) is 6.07 Å². The summed E-state index contributed by atoms with van der Waals surface area (Å²) in [5.74, 6) is 0.212. The maximum atomic E-state index is 12.4. The molecule has 0 saturated heterocycles. The van der Waals surface area contributed by atoms with Gasteiger partial charge in [-0.05, 0) is 43.0 Å². The highest BCUT2D eigenvalue weighted by molar-refractivity contribution is 7.89. The van der Waals surface area contributed by atoms with E-state index in [2.05, 4.69) is 5.32 Å². The molecule has 0 aliphatic heterocycles. The van der Waals surface area contributed by atoms with Crippen molar-refractivity contribution in [2.24, 2.45) is 5.92 Å². The fourth-order valence-corrected chi connectivity index (χ4v) is 4.00. The van der Waals surface area contributed by atoms with E-state index in [-0.39, 0.29) is 17.3 Å². The molecule has 6 nitrogen and oxygen atoms in total. The van der Waals surface area contributed by atoms with Crippen LogP contribution in [0.15, 0.2) is 29.2 Å². The Morgan fingerprint density at radius 3 is 2.46 bits per heavy atom. The lowest BCUT2D eigenvalue weighted by Crippen LogP contribution is -2.40. The van der Waals surface area contributed by atoms with Gasteiger partial charge in [-0.2, -0.15) is 9.57 Å². The summed E-state index contributed by atoms with van der Waals surface area (Å²) in [5, 5.41) is 11.6. The normalized spacial score (nSPS) is 15.9. The second-order valence-corrected chi connectivity index (χ2v) is 8.25. The van der Waals surface area contributed by atoms with Crippen LogP contribution in [-0.2, 0) is 14.8 Å². The minimum Gasteiger partial charge on any atom is -0.355 e. The molecule has 0 unspecified atom stereocenters. The summed E-state index contributed by atoms with van der Waals surface area (Å²) >= 11 is 0. The van der Waals surface area contributed by atoms with E-state index in [1.54, 1.807) is 0 Å². The van der Waals surface area contributed by atoms with Crippen molar-refractivity contribution in [1.29, 1.82) is 5.26 Å². The third kappa shape index (κ3) is 4.79. The van der Waals surface area contributed by atoms with Crippen LogP contribution in [0.3, 0.4) is 0 Å². The number of hydrogen-bond acceptors (Lipinski definition) is 4. The predicted molar refractivity (Wildman–Crippen MR) is 90.6 cm³/mol. The Morgan fingerprint density at radius 1 is 1.25 bits per heavy atom. The van der Waals surface area contributed by atoms with Gasteiger partial charge in [-0.15, -0.1) is 0 Å². The molecular weight excluding hydrogens is 326 g/mol. The Labute approximate surface area is 143 Å². The van der Waals surface area contributed by atoms with Gasteiger partial charge in [0.15, 0.2) is 0 Å². The number of rotatable bonds is 6. The molecule has 0 bridgehead atoms. The topological polar surface area (TPSA) is 90.3 Å². The number of nitrogens with zero attached hydrogens (tertiary/aromatic N) is 2. The van der Waals surface area contributed by atoms with Crippen LogP contribution in [0.1, 0.15) is 37.7 Å². The molecule has 0 atom stereocenters. The summed E-state index contributed by atoms with van der Waals surface area (Å²) in [7, 11) is -2.36. The first-order chi connectivity index (χ1) is 11.4. The number of nitriles is 1. The van der Waals surface area contributed by atoms with Crippen molar-refractivity contribution >= 4 is 15.9 Å². The zero-order valence-corrected chi connectivity index (χ0v) is 14.7. The number of likely N-dealkylation sites (N-methyl/N-ethyl adjacent to an activating group) is 1. The Kier molecular flexibility index (Phi) is 6.35. The number of sulfonamides is 1. The highest BCUT2D eigenvalue weighted by Crippen LogP contribution is 2.22. The molecule has 7 heteroatoms. The largest absolute Gasteiger partial charge is 0.355 e. The summed E-state index contributed by atoms with van der Waals surface area (Å²) in [6.07, 6.45) is 5.91. The second-order valence-electron chi connectivity index (χ2n) is 6.21. The van der Waals surface area contributed by atoms with E-state index in [0.29, 0.717) is 18.0 Å². The average Bonchev–Trinajstić information content (AvgIpc) is 2.60. The Morgan fingerprint density at radius 2 is 1.88 bits per heavy atom. The fraction of sp³-hybridized carbons (Fsp3) is 0.529. The zero-order valence-electron chi connectivity index (χ0n) is 13.9. The first kappa shape index (κ1) is 18.4. The standard InChI is InChI=1S/C17H23N3O3S/c1-20(13-17(21)19-12-15-5-3-2-4-6-15)24(22,23)16-9-7-14(11-18)8-10-16/h7-10,15H,2-6,12-13H2,1H3,(H,19,21). The molecule has 1 aliphatic carbocycles. The van der Waals surface area contributed by atoms with Crippen LogP contribution in [0.25, 0.3) is 0 Å². The zero-order chi connectivity index (χ0) is 17.6. The van der Waals surface area contributed by atoms with Crippen molar-refractivity contribution in [3.05, 3.63) is 29.8 Å². The number of carbonyl (C=O) groups excluding carboxylic acids is 1. The molecular formula is C17H23N3O3S.